The van der Waals surface area contributed by atoms with Crippen molar-refractivity contribution in [3.05, 3.63) is 169 Å². The van der Waals surface area contributed by atoms with E-state index in [0.29, 0.717) is 6.54 Å². The smallest absolute Gasteiger partial charge is 0.0789 e. The van der Waals surface area contributed by atoms with Crippen molar-refractivity contribution in [3.8, 4) is 11.4 Å². The molecule has 0 amide bonds. The van der Waals surface area contributed by atoms with Crippen LogP contribution in [0.3, 0.4) is 0 Å². The van der Waals surface area contributed by atoms with Crippen LogP contribution in [0.2, 0.25) is 0 Å². The van der Waals surface area contributed by atoms with Gasteiger partial charge < -0.3 is 25.2 Å². The van der Waals surface area contributed by atoms with Crippen molar-refractivity contribution < 1.29 is 0 Å². The molecule has 226 valence electrons. The van der Waals surface area contributed by atoms with Gasteiger partial charge in [-0.3, -0.25) is 0 Å². The van der Waals surface area contributed by atoms with Gasteiger partial charge >= 0.3 is 0 Å². The highest BCUT2D eigenvalue weighted by Crippen LogP contribution is 2.41. The van der Waals surface area contributed by atoms with Crippen LogP contribution in [0.1, 0.15) is 16.8 Å². The van der Waals surface area contributed by atoms with Gasteiger partial charge in [-0.05, 0) is 66.2 Å². The molecule has 0 saturated carbocycles. The lowest BCUT2D eigenvalue weighted by Gasteiger charge is -2.26. The molecular weight excluding hydrogens is 574 g/mol. The molecule has 2 heterocycles. The number of fused-ring (bicyclic) bond motifs is 5. The van der Waals surface area contributed by atoms with E-state index in [1.807, 2.05) is 36.4 Å². The summed E-state index contributed by atoms with van der Waals surface area (Å²) in [5.74, 6) is 0. The van der Waals surface area contributed by atoms with E-state index < -0.39 is 0 Å². The molecular formula is C42H33N5. The zero-order valence-corrected chi connectivity index (χ0v) is 25.8. The van der Waals surface area contributed by atoms with Crippen LogP contribution in [-0.2, 0) is 6.54 Å². The van der Waals surface area contributed by atoms with Crippen LogP contribution in [0.5, 0.6) is 0 Å². The molecule has 0 aliphatic rings. The molecule has 0 aliphatic carbocycles. The Morgan fingerprint density at radius 2 is 1.23 bits per heavy atom. The molecule has 0 spiro atoms. The maximum absolute atomic E-state index is 8.46. The average molecular weight is 608 g/mol. The number of nitrogen functional groups attached to an aromatic ring is 1. The standard InChI is InChI=1S/C42H33N5/c1-2-38-36(27-43)35-26-25-34-33-17-9-11-19-39(33)47(31-15-7-4-8-16-31)41(34)42(35)46(38)32-23-21-29(22-24-32)28-45(30-13-5-3-6-14-30)40-20-12-10-18-37(40)44/h2-27,43H,1,28,44H2. The summed E-state index contributed by atoms with van der Waals surface area (Å²) in [6, 6.07) is 50.4. The number of nitrogens with two attached hydrogens (primary N) is 1. The van der Waals surface area contributed by atoms with Gasteiger partial charge in [0.05, 0.1) is 33.6 Å². The quantitative estimate of drug-likeness (QED) is 0.133. The fraction of sp³-hybridized carbons (Fsp3) is 0.0238. The van der Waals surface area contributed by atoms with Gasteiger partial charge in [0.25, 0.3) is 0 Å². The van der Waals surface area contributed by atoms with E-state index in [9.17, 15) is 0 Å². The van der Waals surface area contributed by atoms with E-state index in [1.165, 1.54) is 17.0 Å². The van der Waals surface area contributed by atoms with E-state index in [1.54, 1.807) is 0 Å². The molecule has 0 radical (unpaired) electrons. The maximum atomic E-state index is 8.46. The second kappa shape index (κ2) is 11.5. The van der Waals surface area contributed by atoms with Crippen molar-refractivity contribution in [1.29, 1.82) is 5.41 Å². The zero-order valence-electron chi connectivity index (χ0n) is 25.8. The second-order valence-electron chi connectivity index (χ2n) is 11.7. The lowest BCUT2D eigenvalue weighted by atomic mass is 10.1. The number of aromatic nitrogens is 2. The molecule has 8 rings (SSSR count). The molecule has 2 aromatic heterocycles. The van der Waals surface area contributed by atoms with Crippen LogP contribution in [0, 0.1) is 5.41 Å². The van der Waals surface area contributed by atoms with Crippen LogP contribution in [0.25, 0.3) is 50.2 Å². The van der Waals surface area contributed by atoms with Gasteiger partial charge in [0.15, 0.2) is 0 Å². The fourth-order valence-electron chi connectivity index (χ4n) is 6.92. The Kier molecular flexibility index (Phi) is 6.92. The molecule has 47 heavy (non-hydrogen) atoms. The summed E-state index contributed by atoms with van der Waals surface area (Å²) in [5, 5.41) is 11.8. The van der Waals surface area contributed by atoms with Gasteiger partial charge in [0.1, 0.15) is 0 Å². The van der Waals surface area contributed by atoms with Crippen molar-refractivity contribution in [2.24, 2.45) is 0 Å². The minimum absolute atomic E-state index is 0.650. The van der Waals surface area contributed by atoms with Crippen molar-refractivity contribution in [2.75, 3.05) is 10.6 Å². The Morgan fingerprint density at radius 3 is 1.96 bits per heavy atom. The Labute approximate surface area is 273 Å². The number of nitrogens with zero attached hydrogens (tertiary/aromatic N) is 3. The van der Waals surface area contributed by atoms with E-state index in [-0.39, 0.29) is 0 Å². The summed E-state index contributed by atoms with van der Waals surface area (Å²) in [5.41, 5.74) is 17.5. The summed E-state index contributed by atoms with van der Waals surface area (Å²) in [4.78, 5) is 2.25. The van der Waals surface area contributed by atoms with Crippen molar-refractivity contribution in [1.82, 2.24) is 9.13 Å². The topological polar surface area (TPSA) is 63.0 Å². The number of hydrogen-bond donors (Lipinski definition) is 2. The molecule has 0 aliphatic heterocycles. The van der Waals surface area contributed by atoms with Crippen molar-refractivity contribution in [2.45, 2.75) is 6.54 Å². The van der Waals surface area contributed by atoms with E-state index in [2.05, 4.69) is 136 Å². The molecule has 8 aromatic rings. The average Bonchev–Trinajstić information content (AvgIpc) is 3.64. The normalized spacial score (nSPS) is 11.3. The fourth-order valence-corrected chi connectivity index (χ4v) is 6.92. The van der Waals surface area contributed by atoms with Gasteiger partial charge in [-0.15, -0.1) is 0 Å². The molecule has 5 nitrogen and oxygen atoms in total. The number of para-hydroxylation sites is 5. The summed E-state index contributed by atoms with van der Waals surface area (Å²) in [6.45, 7) is 4.86. The first kappa shape index (κ1) is 28.2. The summed E-state index contributed by atoms with van der Waals surface area (Å²) in [6.07, 6.45) is 3.32. The van der Waals surface area contributed by atoms with E-state index in [0.717, 1.165) is 67.2 Å². The third-order valence-electron chi connectivity index (χ3n) is 9.02. The molecule has 0 bridgehead atoms. The SMILES string of the molecule is C=Cc1c(C=N)c2ccc3c4ccccc4n(-c4ccccc4)c3c2n1-c1ccc(CN(c2ccccc2)c2ccccc2N)cc1. The predicted molar refractivity (Wildman–Crippen MR) is 199 cm³/mol. The first-order valence-corrected chi connectivity index (χ1v) is 15.7. The van der Waals surface area contributed by atoms with Crippen LogP contribution in [-0.4, -0.2) is 15.3 Å². The Hall–Kier alpha value is -6.33. The number of anilines is 3. The summed E-state index contributed by atoms with van der Waals surface area (Å²) in [7, 11) is 0. The molecule has 0 fully saturated rings. The van der Waals surface area contributed by atoms with Crippen LogP contribution < -0.4 is 10.6 Å². The largest absolute Gasteiger partial charge is 0.397 e. The van der Waals surface area contributed by atoms with Crippen LogP contribution in [0.15, 0.2) is 152 Å². The highest BCUT2D eigenvalue weighted by molar-refractivity contribution is 6.21. The summed E-state index contributed by atoms with van der Waals surface area (Å²) >= 11 is 0. The van der Waals surface area contributed by atoms with Gasteiger partial charge in [-0.25, -0.2) is 0 Å². The Bertz CT molecular complexity index is 2420. The molecule has 0 saturated heterocycles. The number of benzene rings is 6. The zero-order chi connectivity index (χ0) is 31.9. The lowest BCUT2D eigenvalue weighted by Crippen LogP contribution is -2.17. The van der Waals surface area contributed by atoms with Gasteiger partial charge in [-0.1, -0.05) is 97.6 Å². The molecule has 6 aromatic carbocycles. The highest BCUT2D eigenvalue weighted by atomic mass is 15.1. The third-order valence-corrected chi connectivity index (χ3v) is 9.02. The van der Waals surface area contributed by atoms with Gasteiger partial charge in [0.2, 0.25) is 0 Å². The maximum Gasteiger partial charge on any atom is 0.0789 e. The predicted octanol–water partition coefficient (Wildman–Crippen LogP) is 10.3. The molecule has 5 heteroatoms. The Balaban J connectivity index is 1.33. The first-order valence-electron chi connectivity index (χ1n) is 15.7. The molecule has 3 N–H and O–H groups in total. The first-order chi connectivity index (χ1) is 23.2. The third kappa shape index (κ3) is 4.60. The highest BCUT2D eigenvalue weighted by Gasteiger charge is 2.23. The molecule has 0 atom stereocenters. The molecule has 0 unspecified atom stereocenters. The monoisotopic (exact) mass is 607 g/mol. The Morgan fingerprint density at radius 1 is 0.617 bits per heavy atom. The van der Waals surface area contributed by atoms with E-state index >= 15 is 0 Å². The minimum atomic E-state index is 0.650. The van der Waals surface area contributed by atoms with E-state index in [4.69, 9.17) is 11.1 Å². The number of hydrogen-bond acceptors (Lipinski definition) is 3. The van der Waals surface area contributed by atoms with Crippen LogP contribution in [0.4, 0.5) is 17.1 Å². The lowest BCUT2D eigenvalue weighted by molar-refractivity contribution is 0.973. The van der Waals surface area contributed by atoms with Crippen molar-refractivity contribution in [3.63, 3.8) is 0 Å². The number of nitrogens with one attached hydrogen (secondary N) is 1. The van der Waals surface area contributed by atoms with Gasteiger partial charge in [-0.2, -0.15) is 0 Å². The minimum Gasteiger partial charge on any atom is -0.397 e. The summed E-state index contributed by atoms with van der Waals surface area (Å²) < 4.78 is 4.61. The number of rotatable bonds is 8. The second-order valence-corrected chi connectivity index (χ2v) is 11.7. The van der Waals surface area contributed by atoms with Crippen molar-refractivity contribution >= 4 is 62.1 Å². The van der Waals surface area contributed by atoms with Gasteiger partial charge in [0, 0.05) is 51.5 Å². The van der Waals surface area contributed by atoms with Crippen LogP contribution >= 0.6 is 0 Å².